The van der Waals surface area contributed by atoms with Crippen molar-refractivity contribution in [2.45, 2.75) is 32.8 Å². The number of carbonyl (C=O) groups excluding carboxylic acids is 2. The molecule has 2 amide bonds. The van der Waals surface area contributed by atoms with Crippen LogP contribution in [0.3, 0.4) is 0 Å². The first-order chi connectivity index (χ1) is 12.6. The van der Waals surface area contributed by atoms with Gasteiger partial charge in [0.1, 0.15) is 6.61 Å². The molecule has 7 heteroatoms. The van der Waals surface area contributed by atoms with Gasteiger partial charge in [0.2, 0.25) is 11.8 Å². The van der Waals surface area contributed by atoms with E-state index in [1.54, 1.807) is 31.4 Å². The zero-order chi connectivity index (χ0) is 19.2. The van der Waals surface area contributed by atoms with Crippen LogP contribution in [0.4, 0.5) is 5.69 Å². The number of hydrogen-bond acceptors (Lipinski definition) is 5. The molecule has 0 spiro atoms. The Labute approximate surface area is 155 Å². The standard InChI is InChI=1S/C19H30N2O5/c1-15(19(24)21-17-8-6-16(13-22)7-9-17)5-3-4-10-20-18(23)14-26-12-11-25-2/h6-9,15,22H,3-5,10-14H2,1-2H3,(H,20,23)(H,21,24)/t15-/m0/s1. The van der Waals surface area contributed by atoms with Crippen molar-refractivity contribution in [2.24, 2.45) is 5.92 Å². The van der Waals surface area contributed by atoms with E-state index in [9.17, 15) is 9.59 Å². The van der Waals surface area contributed by atoms with E-state index in [1.165, 1.54) is 0 Å². The van der Waals surface area contributed by atoms with Crippen LogP contribution in [0, 0.1) is 5.92 Å². The number of rotatable bonds is 13. The highest BCUT2D eigenvalue weighted by atomic mass is 16.5. The second kappa shape index (κ2) is 13.3. The smallest absolute Gasteiger partial charge is 0.245 e. The molecule has 0 saturated heterocycles. The third kappa shape index (κ3) is 9.50. The number of aliphatic hydroxyl groups excluding tert-OH is 1. The normalized spacial score (nSPS) is 11.8. The fourth-order valence-corrected chi connectivity index (χ4v) is 2.25. The molecule has 0 aliphatic heterocycles. The zero-order valence-electron chi connectivity index (χ0n) is 15.6. The van der Waals surface area contributed by atoms with Crippen LogP contribution in [0.25, 0.3) is 0 Å². The van der Waals surface area contributed by atoms with Crippen molar-refractivity contribution >= 4 is 17.5 Å². The van der Waals surface area contributed by atoms with Gasteiger partial charge in [0.05, 0.1) is 19.8 Å². The van der Waals surface area contributed by atoms with Crippen LogP contribution in [0.2, 0.25) is 0 Å². The maximum absolute atomic E-state index is 12.2. The molecule has 7 nitrogen and oxygen atoms in total. The molecule has 0 fully saturated rings. The lowest BCUT2D eigenvalue weighted by atomic mass is 10.0. The summed E-state index contributed by atoms with van der Waals surface area (Å²) in [4.78, 5) is 23.7. The van der Waals surface area contributed by atoms with Gasteiger partial charge < -0.3 is 25.2 Å². The van der Waals surface area contributed by atoms with E-state index in [2.05, 4.69) is 10.6 Å². The van der Waals surface area contributed by atoms with Crippen molar-refractivity contribution in [3.63, 3.8) is 0 Å². The molecular weight excluding hydrogens is 336 g/mol. The highest BCUT2D eigenvalue weighted by Gasteiger charge is 2.12. The molecule has 0 aromatic heterocycles. The second-order valence-corrected chi connectivity index (χ2v) is 6.14. The van der Waals surface area contributed by atoms with Gasteiger partial charge in [0.15, 0.2) is 0 Å². The minimum atomic E-state index is -0.141. The summed E-state index contributed by atoms with van der Waals surface area (Å²) in [6.07, 6.45) is 2.41. The fraction of sp³-hybridized carbons (Fsp3) is 0.579. The molecule has 146 valence electrons. The van der Waals surface area contributed by atoms with E-state index in [-0.39, 0.29) is 30.9 Å². The van der Waals surface area contributed by atoms with Gasteiger partial charge in [0, 0.05) is 25.3 Å². The number of ether oxygens (including phenoxy) is 2. The Morgan fingerprint density at radius 1 is 1.15 bits per heavy atom. The Morgan fingerprint density at radius 3 is 2.54 bits per heavy atom. The van der Waals surface area contributed by atoms with E-state index in [0.717, 1.165) is 30.5 Å². The molecular formula is C19H30N2O5. The molecule has 1 rings (SSSR count). The van der Waals surface area contributed by atoms with Crippen LogP contribution in [-0.4, -0.2) is 50.4 Å². The van der Waals surface area contributed by atoms with Gasteiger partial charge in [-0.15, -0.1) is 0 Å². The van der Waals surface area contributed by atoms with Crippen molar-refractivity contribution in [1.82, 2.24) is 5.32 Å². The first-order valence-corrected chi connectivity index (χ1v) is 8.91. The molecule has 0 aliphatic carbocycles. The number of anilines is 1. The topological polar surface area (TPSA) is 96.9 Å². The molecule has 0 radical (unpaired) electrons. The Kier molecular flexibility index (Phi) is 11.3. The number of carbonyl (C=O) groups is 2. The Balaban J connectivity index is 2.12. The van der Waals surface area contributed by atoms with E-state index in [4.69, 9.17) is 14.6 Å². The molecule has 3 N–H and O–H groups in total. The third-order valence-electron chi connectivity index (χ3n) is 3.90. The average molecular weight is 366 g/mol. The molecule has 0 saturated carbocycles. The van der Waals surface area contributed by atoms with Gasteiger partial charge >= 0.3 is 0 Å². The lowest BCUT2D eigenvalue weighted by Crippen LogP contribution is -2.29. The second-order valence-electron chi connectivity index (χ2n) is 6.14. The number of aliphatic hydroxyl groups is 1. The van der Waals surface area contributed by atoms with Crippen LogP contribution in [0.15, 0.2) is 24.3 Å². The number of hydrogen-bond donors (Lipinski definition) is 3. The lowest BCUT2D eigenvalue weighted by molar-refractivity contribution is -0.126. The maximum Gasteiger partial charge on any atom is 0.245 e. The summed E-state index contributed by atoms with van der Waals surface area (Å²) in [5.41, 5.74) is 1.53. The van der Waals surface area contributed by atoms with Crippen LogP contribution >= 0.6 is 0 Å². The van der Waals surface area contributed by atoms with Crippen molar-refractivity contribution in [3.05, 3.63) is 29.8 Å². The van der Waals surface area contributed by atoms with Crippen molar-refractivity contribution in [3.8, 4) is 0 Å². The van der Waals surface area contributed by atoms with E-state index in [1.807, 2.05) is 6.92 Å². The summed E-state index contributed by atoms with van der Waals surface area (Å²) in [6.45, 7) is 3.36. The van der Waals surface area contributed by atoms with Gasteiger partial charge in [-0.3, -0.25) is 9.59 Å². The Morgan fingerprint density at radius 2 is 1.88 bits per heavy atom. The predicted octanol–water partition coefficient (Wildman–Crippen LogP) is 1.70. The number of unbranched alkanes of at least 4 members (excludes halogenated alkanes) is 1. The summed E-state index contributed by atoms with van der Waals surface area (Å²) in [7, 11) is 1.58. The SMILES string of the molecule is COCCOCC(=O)NCCCC[C@H](C)C(=O)Nc1ccc(CO)cc1. The van der Waals surface area contributed by atoms with E-state index >= 15 is 0 Å². The molecule has 0 heterocycles. The van der Waals surface area contributed by atoms with Crippen LogP contribution < -0.4 is 10.6 Å². The van der Waals surface area contributed by atoms with Crippen LogP contribution in [0.1, 0.15) is 31.7 Å². The van der Waals surface area contributed by atoms with Crippen molar-refractivity contribution < 1.29 is 24.2 Å². The van der Waals surface area contributed by atoms with Gasteiger partial charge in [-0.2, -0.15) is 0 Å². The molecule has 0 bridgehead atoms. The van der Waals surface area contributed by atoms with E-state index in [0.29, 0.717) is 19.8 Å². The minimum absolute atomic E-state index is 0.0134. The average Bonchev–Trinajstić information content (AvgIpc) is 2.65. The predicted molar refractivity (Wildman–Crippen MR) is 99.7 cm³/mol. The first-order valence-electron chi connectivity index (χ1n) is 8.91. The highest BCUT2D eigenvalue weighted by molar-refractivity contribution is 5.92. The zero-order valence-corrected chi connectivity index (χ0v) is 15.6. The Bertz CT molecular complexity index is 533. The molecule has 1 aromatic carbocycles. The monoisotopic (exact) mass is 366 g/mol. The number of benzene rings is 1. The molecule has 0 aliphatic rings. The fourth-order valence-electron chi connectivity index (χ4n) is 2.25. The van der Waals surface area contributed by atoms with Crippen LogP contribution in [-0.2, 0) is 25.7 Å². The molecule has 0 unspecified atom stereocenters. The number of nitrogens with one attached hydrogen (secondary N) is 2. The lowest BCUT2D eigenvalue weighted by Gasteiger charge is -2.12. The molecule has 1 atom stereocenters. The van der Waals surface area contributed by atoms with Crippen molar-refractivity contribution in [1.29, 1.82) is 0 Å². The third-order valence-corrected chi connectivity index (χ3v) is 3.90. The van der Waals surface area contributed by atoms with Gasteiger partial charge in [-0.05, 0) is 30.5 Å². The molecule has 1 aromatic rings. The minimum Gasteiger partial charge on any atom is -0.392 e. The van der Waals surface area contributed by atoms with Crippen molar-refractivity contribution in [2.75, 3.05) is 38.8 Å². The molecule has 26 heavy (non-hydrogen) atoms. The maximum atomic E-state index is 12.2. The quantitative estimate of drug-likeness (QED) is 0.462. The highest BCUT2D eigenvalue weighted by Crippen LogP contribution is 2.14. The van der Waals surface area contributed by atoms with Gasteiger partial charge in [-0.25, -0.2) is 0 Å². The van der Waals surface area contributed by atoms with Crippen LogP contribution in [0.5, 0.6) is 0 Å². The van der Waals surface area contributed by atoms with Gasteiger partial charge in [-0.1, -0.05) is 25.5 Å². The summed E-state index contributed by atoms with van der Waals surface area (Å²) < 4.78 is 9.96. The van der Waals surface area contributed by atoms with Gasteiger partial charge in [0.25, 0.3) is 0 Å². The Hall–Kier alpha value is -1.96. The first kappa shape index (κ1) is 22.1. The summed E-state index contributed by atoms with van der Waals surface area (Å²) >= 11 is 0. The number of methoxy groups -OCH3 is 1. The summed E-state index contributed by atoms with van der Waals surface area (Å²) in [5, 5.41) is 14.7. The largest absolute Gasteiger partial charge is 0.392 e. The van der Waals surface area contributed by atoms with E-state index < -0.39 is 0 Å². The summed E-state index contributed by atoms with van der Waals surface area (Å²) in [6, 6.07) is 7.12. The summed E-state index contributed by atoms with van der Waals surface area (Å²) in [5.74, 6) is -0.281. The number of amides is 2.